The predicted octanol–water partition coefficient (Wildman–Crippen LogP) is 3.69. The normalized spacial score (nSPS) is 12.5. The zero-order chi connectivity index (χ0) is 24.6. The fraction of sp³-hybridized carbons (Fsp3) is 0.423. The second-order valence-electron chi connectivity index (χ2n) is 8.94. The molecule has 0 spiro atoms. The van der Waals surface area contributed by atoms with Crippen LogP contribution in [0.2, 0.25) is 0 Å². The summed E-state index contributed by atoms with van der Waals surface area (Å²) >= 11 is 0. The zero-order valence-electron chi connectivity index (χ0n) is 19.6. The van der Waals surface area contributed by atoms with E-state index in [-0.39, 0.29) is 44.5 Å². The van der Waals surface area contributed by atoms with E-state index in [1.54, 1.807) is 0 Å². The molecule has 0 aromatic heterocycles. The molecule has 0 radical (unpaired) electrons. The molecule has 0 unspecified atom stereocenters. The molecule has 2 amide bonds. The Labute approximate surface area is 199 Å². The number of carbonyl (C=O) groups excluding carboxylic acids is 2. The molecule has 1 aliphatic carbocycles. The zero-order valence-corrected chi connectivity index (χ0v) is 19.6. The maximum Gasteiger partial charge on any atom is 0.407 e. The monoisotopic (exact) mass is 468 g/mol. The number of aliphatic carboxylic acids is 1. The first-order valence-electron chi connectivity index (χ1n) is 11.5. The second-order valence-corrected chi connectivity index (χ2v) is 8.94. The number of hydrogen-bond acceptors (Lipinski definition) is 5. The van der Waals surface area contributed by atoms with Crippen molar-refractivity contribution in [1.29, 1.82) is 0 Å². The van der Waals surface area contributed by atoms with Crippen LogP contribution in [0, 0.1) is 0 Å². The summed E-state index contributed by atoms with van der Waals surface area (Å²) in [6, 6.07) is 16.3. The van der Waals surface area contributed by atoms with Gasteiger partial charge in [-0.25, -0.2) is 4.79 Å². The Morgan fingerprint density at radius 2 is 1.56 bits per heavy atom. The molecule has 34 heavy (non-hydrogen) atoms. The summed E-state index contributed by atoms with van der Waals surface area (Å²) in [7, 11) is 0. The van der Waals surface area contributed by atoms with Gasteiger partial charge in [0.2, 0.25) is 5.91 Å². The fourth-order valence-electron chi connectivity index (χ4n) is 4.01. The Morgan fingerprint density at radius 3 is 2.18 bits per heavy atom. The number of carboxylic acids is 1. The molecule has 0 saturated heterocycles. The number of ether oxygens (including phenoxy) is 2. The van der Waals surface area contributed by atoms with Gasteiger partial charge in [0.15, 0.2) is 0 Å². The molecule has 0 atom stereocenters. The number of fused-ring (bicyclic) bond motifs is 3. The molecule has 3 N–H and O–H groups in total. The number of hydrogen-bond donors (Lipinski definition) is 3. The highest BCUT2D eigenvalue weighted by atomic mass is 16.5. The summed E-state index contributed by atoms with van der Waals surface area (Å²) in [6.45, 7) is 4.59. The number of benzene rings is 2. The van der Waals surface area contributed by atoms with Gasteiger partial charge in [0.05, 0.1) is 19.6 Å². The quantitative estimate of drug-likeness (QED) is 0.410. The lowest BCUT2D eigenvalue weighted by molar-refractivity contribution is -0.138. The second kappa shape index (κ2) is 11.7. The average Bonchev–Trinajstić information content (AvgIpc) is 3.12. The van der Waals surface area contributed by atoms with Gasteiger partial charge in [-0.3, -0.25) is 9.59 Å². The number of amides is 2. The first-order valence-corrected chi connectivity index (χ1v) is 11.5. The lowest BCUT2D eigenvalue weighted by Gasteiger charge is -2.26. The van der Waals surface area contributed by atoms with Crippen LogP contribution < -0.4 is 10.6 Å². The van der Waals surface area contributed by atoms with Gasteiger partial charge in [-0.15, -0.1) is 0 Å². The molecule has 182 valence electrons. The van der Waals surface area contributed by atoms with Crippen molar-refractivity contribution in [2.45, 2.75) is 44.6 Å². The smallest absolute Gasteiger partial charge is 0.407 e. The van der Waals surface area contributed by atoms with Crippen LogP contribution in [0.3, 0.4) is 0 Å². The molecule has 2 aromatic carbocycles. The van der Waals surface area contributed by atoms with Crippen LogP contribution in [0.1, 0.15) is 50.2 Å². The maximum atomic E-state index is 12.5. The minimum atomic E-state index is -0.921. The van der Waals surface area contributed by atoms with Crippen molar-refractivity contribution < 1.29 is 29.0 Å². The van der Waals surface area contributed by atoms with Crippen LogP contribution >= 0.6 is 0 Å². The number of carbonyl (C=O) groups is 3. The first kappa shape index (κ1) is 25.2. The van der Waals surface area contributed by atoms with Gasteiger partial charge < -0.3 is 25.2 Å². The van der Waals surface area contributed by atoms with Crippen LogP contribution in [-0.2, 0) is 19.1 Å². The van der Waals surface area contributed by atoms with E-state index in [1.807, 2.05) is 38.1 Å². The van der Waals surface area contributed by atoms with E-state index in [2.05, 4.69) is 34.9 Å². The van der Waals surface area contributed by atoms with Crippen molar-refractivity contribution in [3.8, 4) is 11.1 Å². The Hall–Kier alpha value is -3.39. The summed E-state index contributed by atoms with van der Waals surface area (Å²) in [5.74, 6) is -1.09. The Morgan fingerprint density at radius 1 is 0.941 bits per heavy atom. The molecular weight excluding hydrogens is 436 g/mol. The van der Waals surface area contributed by atoms with E-state index in [1.165, 1.54) is 11.1 Å². The number of alkyl carbamates (subject to hydrolysis) is 1. The minimum absolute atomic E-state index is 0.00948. The lowest BCUT2D eigenvalue weighted by Crippen LogP contribution is -2.44. The van der Waals surface area contributed by atoms with E-state index < -0.39 is 17.6 Å². The molecule has 0 aliphatic heterocycles. The van der Waals surface area contributed by atoms with Gasteiger partial charge in [-0.1, -0.05) is 48.5 Å². The fourth-order valence-corrected chi connectivity index (χ4v) is 4.01. The van der Waals surface area contributed by atoms with E-state index in [4.69, 9.17) is 14.6 Å². The Balaban J connectivity index is 1.41. The van der Waals surface area contributed by atoms with Gasteiger partial charge in [-0.2, -0.15) is 0 Å². The number of rotatable bonds is 12. The highest BCUT2D eigenvalue weighted by Gasteiger charge is 2.30. The van der Waals surface area contributed by atoms with E-state index >= 15 is 0 Å². The molecule has 0 saturated carbocycles. The summed E-state index contributed by atoms with van der Waals surface area (Å²) in [6.07, 6.45) is 0.0809. The summed E-state index contributed by atoms with van der Waals surface area (Å²) in [4.78, 5) is 35.0. The van der Waals surface area contributed by atoms with Crippen LogP contribution in [0.5, 0.6) is 0 Å². The Kier molecular flexibility index (Phi) is 8.65. The lowest BCUT2D eigenvalue weighted by atomic mass is 9.98. The molecule has 8 heteroatoms. The average molecular weight is 469 g/mol. The third-order valence-corrected chi connectivity index (χ3v) is 5.79. The predicted molar refractivity (Wildman–Crippen MR) is 128 cm³/mol. The van der Waals surface area contributed by atoms with Gasteiger partial charge in [0.25, 0.3) is 0 Å². The summed E-state index contributed by atoms with van der Waals surface area (Å²) < 4.78 is 10.7. The van der Waals surface area contributed by atoms with E-state index in [0.29, 0.717) is 13.0 Å². The maximum absolute atomic E-state index is 12.5. The SMILES string of the molecule is CC(C)(CCC(=O)NCCOCCC(=O)O)NC(=O)OCC1c2ccccc2-c2ccccc21. The summed E-state index contributed by atoms with van der Waals surface area (Å²) in [5, 5.41) is 14.1. The van der Waals surface area contributed by atoms with Gasteiger partial charge >= 0.3 is 12.1 Å². The van der Waals surface area contributed by atoms with E-state index in [0.717, 1.165) is 11.1 Å². The highest BCUT2D eigenvalue weighted by Crippen LogP contribution is 2.44. The van der Waals surface area contributed by atoms with Crippen molar-refractivity contribution in [3.63, 3.8) is 0 Å². The van der Waals surface area contributed by atoms with Crippen LogP contribution in [0.25, 0.3) is 11.1 Å². The number of nitrogens with one attached hydrogen (secondary N) is 2. The molecule has 0 bridgehead atoms. The highest BCUT2D eigenvalue weighted by molar-refractivity contribution is 5.79. The van der Waals surface area contributed by atoms with Gasteiger partial charge in [0.1, 0.15) is 6.61 Å². The molecule has 0 heterocycles. The van der Waals surface area contributed by atoms with Crippen molar-refractivity contribution in [2.75, 3.05) is 26.4 Å². The van der Waals surface area contributed by atoms with Crippen LogP contribution in [0.4, 0.5) is 4.79 Å². The van der Waals surface area contributed by atoms with Crippen LogP contribution in [0.15, 0.2) is 48.5 Å². The molecule has 2 aromatic rings. The topological polar surface area (TPSA) is 114 Å². The molecule has 3 rings (SSSR count). The summed E-state index contributed by atoms with van der Waals surface area (Å²) in [5.41, 5.74) is 4.02. The third-order valence-electron chi connectivity index (χ3n) is 5.79. The molecule has 0 fully saturated rings. The molecule has 8 nitrogen and oxygen atoms in total. The third kappa shape index (κ3) is 7.05. The first-order chi connectivity index (χ1) is 16.3. The molecule has 1 aliphatic rings. The van der Waals surface area contributed by atoms with Crippen LogP contribution in [-0.4, -0.2) is 55.0 Å². The Bertz CT molecular complexity index is 974. The van der Waals surface area contributed by atoms with Gasteiger partial charge in [-0.05, 0) is 42.5 Å². The standard InChI is InChI=1S/C26H32N2O6/c1-26(2,13-11-23(29)27-14-16-33-15-12-24(30)31)28-25(32)34-17-22-20-9-5-3-7-18(20)19-8-4-6-10-21(19)22/h3-10,22H,11-17H2,1-2H3,(H,27,29)(H,28,32)(H,30,31). The molecular formula is C26H32N2O6. The van der Waals surface area contributed by atoms with Gasteiger partial charge in [0, 0.05) is 24.4 Å². The minimum Gasteiger partial charge on any atom is -0.481 e. The van der Waals surface area contributed by atoms with Crippen molar-refractivity contribution in [2.24, 2.45) is 0 Å². The van der Waals surface area contributed by atoms with Crippen molar-refractivity contribution >= 4 is 18.0 Å². The van der Waals surface area contributed by atoms with Crippen molar-refractivity contribution in [1.82, 2.24) is 10.6 Å². The number of carboxylic acid groups (broad SMARTS) is 1. The largest absolute Gasteiger partial charge is 0.481 e. The van der Waals surface area contributed by atoms with Crippen molar-refractivity contribution in [3.05, 3.63) is 59.7 Å². The van der Waals surface area contributed by atoms with E-state index in [9.17, 15) is 14.4 Å².